The molecule has 90 valence electrons. The van der Waals surface area contributed by atoms with Crippen LogP contribution in [0.4, 0.5) is 5.69 Å². The average Bonchev–Trinajstić information content (AvgIpc) is 2.92. The Morgan fingerprint density at radius 3 is 2.94 bits per heavy atom. The first-order chi connectivity index (χ1) is 8.68. The van der Waals surface area contributed by atoms with E-state index in [1.165, 1.54) is 0 Å². The van der Waals surface area contributed by atoms with Gasteiger partial charge in [-0.05, 0) is 12.1 Å². The predicted octanol–water partition coefficient (Wildman–Crippen LogP) is 2.27. The lowest BCUT2D eigenvalue weighted by Crippen LogP contribution is -2.19. The van der Waals surface area contributed by atoms with Crippen molar-refractivity contribution >= 4 is 23.4 Å². The lowest BCUT2D eigenvalue weighted by Gasteiger charge is -2.18. The van der Waals surface area contributed by atoms with Crippen molar-refractivity contribution in [3.8, 4) is 0 Å². The van der Waals surface area contributed by atoms with Crippen LogP contribution in [0.3, 0.4) is 0 Å². The number of rotatable bonds is 1. The van der Waals surface area contributed by atoms with Crippen molar-refractivity contribution in [3.63, 3.8) is 0 Å². The minimum atomic E-state index is -0.837. The molecule has 1 aromatic carbocycles. The third-order valence-electron chi connectivity index (χ3n) is 3.25. The zero-order valence-corrected chi connectivity index (χ0v) is 9.87. The highest BCUT2D eigenvalue weighted by atomic mass is 16.4. The van der Waals surface area contributed by atoms with Gasteiger partial charge in [0, 0.05) is 36.3 Å². The molecule has 0 fully saturated rings. The highest BCUT2D eigenvalue weighted by Crippen LogP contribution is 2.38. The van der Waals surface area contributed by atoms with Crippen molar-refractivity contribution in [2.75, 3.05) is 7.05 Å². The Hall–Kier alpha value is -2.36. The summed E-state index contributed by atoms with van der Waals surface area (Å²) in [6, 6.07) is 7.76. The molecular weight excluding hydrogens is 228 g/mol. The van der Waals surface area contributed by atoms with Crippen LogP contribution >= 0.6 is 0 Å². The van der Waals surface area contributed by atoms with Crippen molar-refractivity contribution in [3.05, 3.63) is 47.8 Å². The molecule has 4 heteroatoms. The first kappa shape index (κ1) is 10.8. The molecule has 0 amide bonds. The van der Waals surface area contributed by atoms with Crippen molar-refractivity contribution in [1.82, 2.24) is 4.90 Å². The van der Waals surface area contributed by atoms with Gasteiger partial charge in [0.05, 0.1) is 5.69 Å². The normalized spacial score (nSPS) is 24.7. The number of hydrogen-bond acceptors (Lipinski definition) is 3. The maximum atomic E-state index is 11.3. The van der Waals surface area contributed by atoms with Crippen molar-refractivity contribution in [2.45, 2.75) is 0 Å². The number of para-hydroxylation sites is 1. The summed E-state index contributed by atoms with van der Waals surface area (Å²) in [6.07, 6.45) is 5.23. The molecule has 0 spiro atoms. The highest BCUT2D eigenvalue weighted by Gasteiger charge is 2.31. The fraction of sp³-hybridized carbons (Fsp3) is 0.143. The number of aliphatic imine (C=N–C) groups is 1. The second-order valence-electron chi connectivity index (χ2n) is 4.34. The molecule has 0 bridgehead atoms. The van der Waals surface area contributed by atoms with E-state index < -0.39 is 11.9 Å². The number of aliphatic carboxylic acids is 1. The molecule has 0 saturated heterocycles. The fourth-order valence-corrected chi connectivity index (χ4v) is 2.38. The highest BCUT2D eigenvalue weighted by molar-refractivity contribution is 6.18. The van der Waals surface area contributed by atoms with Gasteiger partial charge >= 0.3 is 5.97 Å². The number of nitrogens with zero attached hydrogens (tertiary/aromatic N) is 2. The topological polar surface area (TPSA) is 52.9 Å². The third kappa shape index (κ3) is 1.46. The Labute approximate surface area is 105 Å². The van der Waals surface area contributed by atoms with E-state index in [-0.39, 0.29) is 0 Å². The van der Waals surface area contributed by atoms with Gasteiger partial charge in [-0.1, -0.05) is 18.2 Å². The van der Waals surface area contributed by atoms with E-state index in [9.17, 15) is 9.90 Å². The Bertz CT molecular complexity index is 614. The summed E-state index contributed by atoms with van der Waals surface area (Å²) in [4.78, 5) is 17.4. The molecule has 18 heavy (non-hydrogen) atoms. The van der Waals surface area contributed by atoms with Gasteiger partial charge in [-0.15, -0.1) is 0 Å². The molecule has 2 aliphatic heterocycles. The van der Waals surface area contributed by atoms with E-state index in [4.69, 9.17) is 0 Å². The molecule has 0 saturated carbocycles. The molecule has 1 aromatic rings. The van der Waals surface area contributed by atoms with Crippen LogP contribution in [-0.4, -0.2) is 29.2 Å². The molecule has 3 rings (SSSR count). The summed E-state index contributed by atoms with van der Waals surface area (Å²) in [7, 11) is 1.86. The fourth-order valence-electron chi connectivity index (χ4n) is 2.38. The molecule has 4 nitrogen and oxygen atoms in total. The van der Waals surface area contributed by atoms with E-state index in [0.29, 0.717) is 0 Å². The van der Waals surface area contributed by atoms with Crippen LogP contribution in [0.1, 0.15) is 5.56 Å². The van der Waals surface area contributed by atoms with Crippen molar-refractivity contribution < 1.29 is 9.90 Å². The second kappa shape index (κ2) is 3.84. The van der Waals surface area contributed by atoms with E-state index in [2.05, 4.69) is 4.99 Å². The first-order valence-electron chi connectivity index (χ1n) is 5.70. The SMILES string of the molecule is CN1C=CC(C(=O)O)C1=C1C=Nc2ccccc21. The summed E-state index contributed by atoms with van der Waals surface area (Å²) in [5.74, 6) is -1.43. The van der Waals surface area contributed by atoms with Gasteiger partial charge in [-0.25, -0.2) is 0 Å². The molecule has 0 aliphatic carbocycles. The summed E-state index contributed by atoms with van der Waals surface area (Å²) < 4.78 is 0. The Balaban J connectivity index is 2.17. The van der Waals surface area contributed by atoms with Crippen molar-refractivity contribution in [1.29, 1.82) is 0 Å². The largest absolute Gasteiger partial charge is 0.481 e. The standard InChI is InChI=1S/C14H12N2O2/c1-16-7-6-10(14(17)18)13(16)11-8-15-12-5-3-2-4-9(11)12/h2-8,10H,1H3,(H,17,18). The quantitative estimate of drug-likeness (QED) is 0.819. The number of allylic oxidation sites excluding steroid dienone is 1. The summed E-state index contributed by atoms with van der Waals surface area (Å²) >= 11 is 0. The lowest BCUT2D eigenvalue weighted by molar-refractivity contribution is -0.139. The van der Waals surface area contributed by atoms with E-state index in [1.54, 1.807) is 18.5 Å². The summed E-state index contributed by atoms with van der Waals surface area (Å²) in [6.45, 7) is 0. The van der Waals surface area contributed by atoms with Crippen LogP contribution in [-0.2, 0) is 4.79 Å². The zero-order valence-electron chi connectivity index (χ0n) is 9.87. The third-order valence-corrected chi connectivity index (χ3v) is 3.25. The van der Waals surface area contributed by atoms with Gasteiger partial charge < -0.3 is 10.0 Å². The van der Waals surface area contributed by atoms with Gasteiger partial charge in [0.1, 0.15) is 5.92 Å². The minimum Gasteiger partial charge on any atom is -0.481 e. The predicted molar refractivity (Wildman–Crippen MR) is 69.5 cm³/mol. The molecule has 1 unspecified atom stereocenters. The van der Waals surface area contributed by atoms with Crippen LogP contribution < -0.4 is 0 Å². The smallest absolute Gasteiger partial charge is 0.316 e. The van der Waals surface area contributed by atoms with Gasteiger partial charge in [0.25, 0.3) is 0 Å². The van der Waals surface area contributed by atoms with Gasteiger partial charge in [-0.2, -0.15) is 0 Å². The van der Waals surface area contributed by atoms with Gasteiger partial charge in [-0.3, -0.25) is 9.79 Å². The van der Waals surface area contributed by atoms with E-state index in [0.717, 1.165) is 22.5 Å². The van der Waals surface area contributed by atoms with Crippen LogP contribution in [0, 0.1) is 5.92 Å². The maximum Gasteiger partial charge on any atom is 0.316 e. The molecule has 1 atom stereocenters. The zero-order chi connectivity index (χ0) is 12.7. The number of carboxylic acids is 1. The molecule has 0 radical (unpaired) electrons. The van der Waals surface area contributed by atoms with Crippen LogP contribution in [0.2, 0.25) is 0 Å². The lowest BCUT2D eigenvalue weighted by atomic mass is 9.98. The molecule has 0 aromatic heterocycles. The Morgan fingerprint density at radius 1 is 1.39 bits per heavy atom. The van der Waals surface area contributed by atoms with Crippen molar-refractivity contribution in [2.24, 2.45) is 10.9 Å². The molecule has 1 N–H and O–H groups in total. The van der Waals surface area contributed by atoms with E-state index in [1.807, 2.05) is 36.2 Å². The Morgan fingerprint density at radius 2 is 2.17 bits per heavy atom. The van der Waals surface area contributed by atoms with Crippen LogP contribution in [0.5, 0.6) is 0 Å². The maximum absolute atomic E-state index is 11.3. The first-order valence-corrected chi connectivity index (χ1v) is 5.70. The van der Waals surface area contributed by atoms with Crippen LogP contribution in [0.25, 0.3) is 5.57 Å². The number of benzene rings is 1. The van der Waals surface area contributed by atoms with Gasteiger partial charge in [0.15, 0.2) is 0 Å². The summed E-state index contributed by atoms with van der Waals surface area (Å²) in [5.41, 5.74) is 3.56. The molecular formula is C14H12N2O2. The second-order valence-corrected chi connectivity index (χ2v) is 4.34. The number of fused-ring (bicyclic) bond motifs is 1. The minimum absolute atomic E-state index is 0.595. The van der Waals surface area contributed by atoms with E-state index >= 15 is 0 Å². The van der Waals surface area contributed by atoms with Crippen LogP contribution in [0.15, 0.2) is 47.2 Å². The number of carbonyl (C=O) groups is 1. The Kier molecular flexibility index (Phi) is 2.30. The monoisotopic (exact) mass is 240 g/mol. The molecule has 2 heterocycles. The average molecular weight is 240 g/mol. The number of carboxylic acid groups (broad SMARTS) is 1. The number of hydrogen-bond donors (Lipinski definition) is 1. The summed E-state index contributed by atoms with van der Waals surface area (Å²) in [5, 5.41) is 9.25. The van der Waals surface area contributed by atoms with Gasteiger partial charge in [0.2, 0.25) is 0 Å². The molecule has 2 aliphatic rings.